The van der Waals surface area contributed by atoms with E-state index >= 15 is 0 Å². The molecule has 0 aliphatic heterocycles. The highest BCUT2D eigenvalue weighted by molar-refractivity contribution is 6.33. The molecule has 0 aliphatic rings. The lowest BCUT2D eigenvalue weighted by Crippen LogP contribution is -2.20. The smallest absolute Gasteiger partial charge is 0.247 e. The van der Waals surface area contributed by atoms with Crippen LogP contribution in [0.5, 0.6) is 0 Å². The van der Waals surface area contributed by atoms with Crippen molar-refractivity contribution in [3.8, 4) is 11.1 Å². The predicted molar refractivity (Wildman–Crippen MR) is 139 cm³/mol. The molecule has 5 aromatic rings. The molecule has 35 heavy (non-hydrogen) atoms. The molecule has 176 valence electrons. The second-order valence-corrected chi connectivity index (χ2v) is 9.13. The van der Waals surface area contributed by atoms with Crippen LogP contribution >= 0.6 is 11.6 Å². The summed E-state index contributed by atoms with van der Waals surface area (Å²) < 4.78 is 3.33. The van der Waals surface area contributed by atoms with E-state index in [-0.39, 0.29) is 12.5 Å². The van der Waals surface area contributed by atoms with Crippen LogP contribution in [-0.4, -0.2) is 30.5 Å². The fourth-order valence-electron chi connectivity index (χ4n) is 4.12. The molecular formula is C27H25ClN6O. The Morgan fingerprint density at radius 3 is 2.34 bits per heavy atom. The molecule has 2 aromatic carbocycles. The maximum absolute atomic E-state index is 12.9. The number of halogens is 1. The number of rotatable bonds is 6. The van der Waals surface area contributed by atoms with Crippen molar-refractivity contribution in [2.24, 2.45) is 0 Å². The molecule has 0 saturated heterocycles. The number of aromatic nitrogens is 5. The van der Waals surface area contributed by atoms with Crippen LogP contribution < -0.4 is 5.32 Å². The summed E-state index contributed by atoms with van der Waals surface area (Å²) in [6, 6.07) is 18.5. The van der Waals surface area contributed by atoms with Gasteiger partial charge in [0.15, 0.2) is 11.5 Å². The minimum absolute atomic E-state index is 0.00412. The maximum atomic E-state index is 12.9. The van der Waals surface area contributed by atoms with Crippen molar-refractivity contribution < 1.29 is 4.79 Å². The van der Waals surface area contributed by atoms with Crippen LogP contribution in [0.2, 0.25) is 5.02 Å². The largest absolute Gasteiger partial charge is 0.306 e. The monoisotopic (exact) mass is 484 g/mol. The van der Waals surface area contributed by atoms with Crippen molar-refractivity contribution in [2.45, 2.75) is 33.9 Å². The van der Waals surface area contributed by atoms with E-state index in [2.05, 4.69) is 63.8 Å². The molecule has 0 unspecified atom stereocenters. The van der Waals surface area contributed by atoms with Crippen LogP contribution in [0.15, 0.2) is 67.0 Å². The van der Waals surface area contributed by atoms with Crippen LogP contribution in [-0.2, 0) is 17.9 Å². The number of benzene rings is 2. The minimum Gasteiger partial charge on any atom is -0.306 e. The molecule has 3 heterocycles. The summed E-state index contributed by atoms with van der Waals surface area (Å²) in [6.45, 7) is 6.59. The lowest BCUT2D eigenvalue weighted by atomic mass is 10.0. The molecule has 7 nitrogen and oxygen atoms in total. The predicted octanol–water partition coefficient (Wildman–Crippen LogP) is 5.56. The van der Waals surface area contributed by atoms with Gasteiger partial charge < -0.3 is 5.32 Å². The van der Waals surface area contributed by atoms with E-state index in [0.717, 1.165) is 27.8 Å². The molecule has 1 amide bonds. The van der Waals surface area contributed by atoms with Gasteiger partial charge in [-0.05, 0) is 43.5 Å². The first-order valence-corrected chi connectivity index (χ1v) is 11.7. The molecule has 0 bridgehead atoms. The van der Waals surface area contributed by atoms with E-state index in [1.165, 1.54) is 11.1 Å². The molecular weight excluding hydrogens is 460 g/mol. The van der Waals surface area contributed by atoms with Crippen LogP contribution in [0.25, 0.3) is 22.2 Å². The third-order valence-electron chi connectivity index (χ3n) is 5.90. The first kappa shape index (κ1) is 22.8. The van der Waals surface area contributed by atoms with Crippen molar-refractivity contribution in [3.63, 3.8) is 0 Å². The highest BCUT2D eigenvalue weighted by Gasteiger charge is 2.17. The fraction of sp³-hybridized carbons (Fsp3) is 0.185. The van der Waals surface area contributed by atoms with Crippen LogP contribution in [0.1, 0.15) is 22.4 Å². The number of pyridine rings is 1. The molecule has 3 aromatic heterocycles. The summed E-state index contributed by atoms with van der Waals surface area (Å²) in [7, 11) is 0. The normalized spacial score (nSPS) is 11.2. The standard InChI is InChI=1S/C27H25ClN6O/c1-17-4-8-20(9-5-17)14-33-15-23(28)26(32-33)30-24(35)16-34-27-25(19(3)31-34)22(12-13-29-27)21-10-6-18(2)7-11-21/h4-13,15H,14,16H2,1-3H3,(H,30,32,35). The van der Waals surface area contributed by atoms with E-state index in [9.17, 15) is 4.79 Å². The number of amides is 1. The quantitative estimate of drug-likeness (QED) is 0.342. The Bertz CT molecular complexity index is 1520. The van der Waals surface area contributed by atoms with Crippen molar-refractivity contribution >= 4 is 34.4 Å². The summed E-state index contributed by atoms with van der Waals surface area (Å²) in [6.07, 6.45) is 3.45. The van der Waals surface area contributed by atoms with Crippen molar-refractivity contribution in [2.75, 3.05) is 5.32 Å². The highest BCUT2D eigenvalue weighted by atomic mass is 35.5. The summed E-state index contributed by atoms with van der Waals surface area (Å²) in [4.78, 5) is 17.4. The Balaban J connectivity index is 1.35. The second kappa shape index (κ2) is 9.35. The zero-order valence-corrected chi connectivity index (χ0v) is 20.5. The number of fused-ring (bicyclic) bond motifs is 1. The van der Waals surface area contributed by atoms with Gasteiger partial charge in [-0.25, -0.2) is 9.67 Å². The summed E-state index contributed by atoms with van der Waals surface area (Å²) in [5.74, 6) is 0.0460. The summed E-state index contributed by atoms with van der Waals surface area (Å²) >= 11 is 6.35. The van der Waals surface area contributed by atoms with Gasteiger partial charge in [0.05, 0.1) is 12.2 Å². The van der Waals surface area contributed by atoms with Gasteiger partial charge in [-0.1, -0.05) is 71.3 Å². The number of nitrogens with one attached hydrogen (secondary N) is 1. The number of anilines is 1. The van der Waals surface area contributed by atoms with Crippen LogP contribution in [0.3, 0.4) is 0 Å². The Morgan fingerprint density at radius 2 is 1.63 bits per heavy atom. The van der Waals surface area contributed by atoms with E-state index in [0.29, 0.717) is 23.0 Å². The van der Waals surface area contributed by atoms with Gasteiger partial charge in [0, 0.05) is 17.8 Å². The van der Waals surface area contributed by atoms with Crippen molar-refractivity contribution in [1.82, 2.24) is 24.5 Å². The Morgan fingerprint density at radius 1 is 0.943 bits per heavy atom. The molecule has 8 heteroatoms. The molecule has 5 rings (SSSR count). The molecule has 0 fully saturated rings. The first-order valence-electron chi connectivity index (χ1n) is 11.3. The van der Waals surface area contributed by atoms with Crippen LogP contribution in [0, 0.1) is 20.8 Å². The first-order chi connectivity index (χ1) is 16.9. The maximum Gasteiger partial charge on any atom is 0.247 e. The van der Waals surface area contributed by atoms with E-state index in [1.54, 1.807) is 21.8 Å². The van der Waals surface area contributed by atoms with Gasteiger partial charge in [-0.2, -0.15) is 10.2 Å². The van der Waals surface area contributed by atoms with Gasteiger partial charge in [0.2, 0.25) is 5.91 Å². The molecule has 0 saturated carbocycles. The van der Waals surface area contributed by atoms with Gasteiger partial charge in [-0.15, -0.1) is 0 Å². The molecule has 0 spiro atoms. The van der Waals surface area contributed by atoms with E-state index in [4.69, 9.17) is 11.6 Å². The van der Waals surface area contributed by atoms with Gasteiger partial charge >= 0.3 is 0 Å². The molecule has 0 atom stereocenters. The Hall–Kier alpha value is -3.97. The third kappa shape index (κ3) is 4.81. The summed E-state index contributed by atoms with van der Waals surface area (Å²) in [5.41, 5.74) is 7.09. The number of hydrogen-bond acceptors (Lipinski definition) is 4. The average Bonchev–Trinajstić information content (AvgIpc) is 3.34. The van der Waals surface area contributed by atoms with E-state index < -0.39 is 0 Å². The molecule has 1 N–H and O–H groups in total. The topological polar surface area (TPSA) is 77.6 Å². The molecule has 0 aliphatic carbocycles. The summed E-state index contributed by atoms with van der Waals surface area (Å²) in [5, 5.41) is 13.2. The second-order valence-electron chi connectivity index (χ2n) is 8.72. The van der Waals surface area contributed by atoms with E-state index in [1.807, 2.05) is 32.0 Å². The zero-order valence-electron chi connectivity index (χ0n) is 19.8. The van der Waals surface area contributed by atoms with Crippen molar-refractivity contribution in [1.29, 1.82) is 0 Å². The zero-order chi connectivity index (χ0) is 24.5. The number of aryl methyl sites for hydroxylation is 3. The fourth-order valence-corrected chi connectivity index (χ4v) is 4.31. The van der Waals surface area contributed by atoms with Gasteiger partial charge in [-0.3, -0.25) is 9.48 Å². The number of carbonyl (C=O) groups excluding carboxylic acids is 1. The van der Waals surface area contributed by atoms with Gasteiger partial charge in [0.25, 0.3) is 0 Å². The van der Waals surface area contributed by atoms with Crippen molar-refractivity contribution in [3.05, 3.63) is 94.4 Å². The third-order valence-corrected chi connectivity index (χ3v) is 6.18. The highest BCUT2D eigenvalue weighted by Crippen LogP contribution is 2.30. The number of nitrogens with zero attached hydrogens (tertiary/aromatic N) is 5. The Labute approximate surface area is 208 Å². The lowest BCUT2D eigenvalue weighted by molar-refractivity contribution is -0.116. The minimum atomic E-state index is -0.278. The Kier molecular flexibility index (Phi) is 6.09. The number of carbonyl (C=O) groups is 1. The lowest BCUT2D eigenvalue weighted by Gasteiger charge is -2.06. The number of hydrogen-bond donors (Lipinski definition) is 1. The van der Waals surface area contributed by atoms with Crippen LogP contribution in [0.4, 0.5) is 5.82 Å². The molecule has 0 radical (unpaired) electrons. The SMILES string of the molecule is Cc1ccc(Cn2cc(Cl)c(NC(=O)Cn3nc(C)c4c(-c5ccc(C)cc5)ccnc43)n2)cc1. The average molecular weight is 485 g/mol. The van der Waals surface area contributed by atoms with Gasteiger partial charge in [0.1, 0.15) is 11.6 Å².